The Labute approximate surface area is 160 Å². The zero-order valence-electron chi connectivity index (χ0n) is 14.8. The number of rotatable bonds is 6. The van der Waals surface area contributed by atoms with Crippen LogP contribution in [0.5, 0.6) is 6.01 Å². The van der Waals surface area contributed by atoms with Crippen molar-refractivity contribution in [3.63, 3.8) is 0 Å². The molecular weight excluding hydrogens is 370 g/mol. The number of piperidine rings is 1. The van der Waals surface area contributed by atoms with E-state index in [0.717, 1.165) is 28.1 Å². The Morgan fingerprint density at radius 3 is 2.69 bits per heavy atom. The smallest absolute Gasteiger partial charge is 0.316 e. The van der Waals surface area contributed by atoms with E-state index < -0.39 is 0 Å². The predicted octanol–water partition coefficient (Wildman–Crippen LogP) is 3.31. The van der Waals surface area contributed by atoms with Crippen LogP contribution < -0.4 is 15.0 Å². The number of aromatic nitrogens is 3. The molecule has 0 aromatic carbocycles. The van der Waals surface area contributed by atoms with Gasteiger partial charge in [0.15, 0.2) is 5.13 Å². The van der Waals surface area contributed by atoms with Gasteiger partial charge in [0.1, 0.15) is 0 Å². The molecule has 1 fully saturated rings. The molecule has 1 aliphatic heterocycles. The number of carbonyl (C=O) groups is 1. The third-order valence-corrected chi connectivity index (χ3v) is 6.15. The minimum absolute atomic E-state index is 0.252. The number of nitrogens with zero attached hydrogens (tertiary/aromatic N) is 4. The summed E-state index contributed by atoms with van der Waals surface area (Å²) in [6.45, 7) is 2.12. The SMILES string of the molecule is COc1ncc(NC(=O)/C=C/c2nc(N3CCCCC3)sc2SC)cn1. The maximum Gasteiger partial charge on any atom is 0.316 e. The van der Waals surface area contributed by atoms with E-state index in [-0.39, 0.29) is 11.9 Å². The number of amides is 1. The molecule has 0 atom stereocenters. The maximum atomic E-state index is 12.1. The predicted molar refractivity (Wildman–Crippen MR) is 106 cm³/mol. The zero-order valence-corrected chi connectivity index (χ0v) is 16.4. The summed E-state index contributed by atoms with van der Waals surface area (Å²) in [5.74, 6) is -0.252. The Morgan fingerprint density at radius 1 is 1.31 bits per heavy atom. The summed E-state index contributed by atoms with van der Waals surface area (Å²) in [5.41, 5.74) is 1.35. The van der Waals surface area contributed by atoms with Gasteiger partial charge in [0.05, 0.1) is 35.1 Å². The standard InChI is InChI=1S/C17H21N5O2S2/c1-24-16-18-10-12(11-19-16)20-14(23)7-6-13-15(25-2)26-17(21-13)22-8-4-3-5-9-22/h6-7,10-11H,3-5,8-9H2,1-2H3,(H,20,23)/b7-6+. The largest absolute Gasteiger partial charge is 0.467 e. The monoisotopic (exact) mass is 391 g/mol. The molecule has 7 nitrogen and oxygen atoms in total. The van der Waals surface area contributed by atoms with Gasteiger partial charge in [-0.3, -0.25) is 4.79 Å². The summed E-state index contributed by atoms with van der Waals surface area (Å²) < 4.78 is 6.01. The first kappa shape index (κ1) is 18.7. The highest BCUT2D eigenvalue weighted by molar-refractivity contribution is 8.00. The van der Waals surface area contributed by atoms with Crippen molar-refractivity contribution in [2.75, 3.05) is 36.7 Å². The molecule has 1 aliphatic rings. The van der Waals surface area contributed by atoms with Crippen LogP contribution in [0.2, 0.25) is 0 Å². The van der Waals surface area contributed by atoms with Crippen LogP contribution in [-0.2, 0) is 4.79 Å². The molecule has 2 aromatic heterocycles. The molecule has 26 heavy (non-hydrogen) atoms. The topological polar surface area (TPSA) is 80.2 Å². The van der Waals surface area contributed by atoms with E-state index in [0.29, 0.717) is 5.69 Å². The van der Waals surface area contributed by atoms with Crippen LogP contribution in [0.15, 0.2) is 22.7 Å². The van der Waals surface area contributed by atoms with E-state index >= 15 is 0 Å². The van der Waals surface area contributed by atoms with E-state index in [2.05, 4.69) is 20.2 Å². The lowest BCUT2D eigenvalue weighted by atomic mass is 10.1. The van der Waals surface area contributed by atoms with Gasteiger partial charge in [-0.2, -0.15) is 0 Å². The Hall–Kier alpha value is -2.13. The number of hydrogen-bond acceptors (Lipinski definition) is 8. The second-order valence-electron chi connectivity index (χ2n) is 5.70. The summed E-state index contributed by atoms with van der Waals surface area (Å²) in [5, 5.41) is 3.76. The van der Waals surface area contributed by atoms with Crippen LogP contribution in [0.4, 0.5) is 10.8 Å². The molecule has 2 aromatic rings. The molecule has 0 unspecified atom stereocenters. The summed E-state index contributed by atoms with van der Waals surface area (Å²) in [6, 6.07) is 0.260. The molecule has 0 radical (unpaired) electrons. The molecule has 138 valence electrons. The van der Waals surface area contributed by atoms with Crippen LogP contribution in [0.1, 0.15) is 25.0 Å². The van der Waals surface area contributed by atoms with Crippen LogP contribution in [0.25, 0.3) is 6.08 Å². The number of carbonyl (C=O) groups excluding carboxylic acids is 1. The molecular formula is C17H21N5O2S2. The minimum atomic E-state index is -0.252. The first-order valence-electron chi connectivity index (χ1n) is 8.34. The summed E-state index contributed by atoms with van der Waals surface area (Å²) in [4.78, 5) is 27.1. The summed E-state index contributed by atoms with van der Waals surface area (Å²) >= 11 is 3.34. The molecule has 0 aliphatic carbocycles. The summed E-state index contributed by atoms with van der Waals surface area (Å²) in [6.07, 6.45) is 12.0. The number of ether oxygens (including phenoxy) is 1. The van der Waals surface area contributed by atoms with Crippen molar-refractivity contribution in [1.82, 2.24) is 15.0 Å². The summed E-state index contributed by atoms with van der Waals surface area (Å²) in [7, 11) is 1.49. The highest BCUT2D eigenvalue weighted by Gasteiger charge is 2.17. The van der Waals surface area contributed by atoms with Crippen molar-refractivity contribution in [1.29, 1.82) is 0 Å². The van der Waals surface area contributed by atoms with Crippen LogP contribution in [-0.4, -0.2) is 47.3 Å². The van der Waals surface area contributed by atoms with Crippen molar-refractivity contribution in [2.24, 2.45) is 0 Å². The highest BCUT2D eigenvalue weighted by Crippen LogP contribution is 2.34. The van der Waals surface area contributed by atoms with Gasteiger partial charge in [-0.25, -0.2) is 15.0 Å². The number of thiazole rings is 1. The first-order valence-corrected chi connectivity index (χ1v) is 10.4. The van der Waals surface area contributed by atoms with Gasteiger partial charge in [-0.05, 0) is 31.6 Å². The number of nitrogens with one attached hydrogen (secondary N) is 1. The molecule has 1 amide bonds. The molecule has 3 heterocycles. The van der Waals surface area contributed by atoms with E-state index in [1.807, 2.05) is 6.26 Å². The average Bonchev–Trinajstić information content (AvgIpc) is 3.11. The Bertz CT molecular complexity index is 770. The third-order valence-electron chi connectivity index (χ3n) is 3.89. The van der Waals surface area contributed by atoms with Gasteiger partial charge in [-0.1, -0.05) is 11.3 Å². The number of hydrogen-bond donors (Lipinski definition) is 1. The number of anilines is 2. The van der Waals surface area contributed by atoms with Crippen LogP contribution in [0.3, 0.4) is 0 Å². The first-order chi connectivity index (χ1) is 12.7. The fourth-order valence-corrected chi connectivity index (χ4v) is 4.32. The van der Waals surface area contributed by atoms with Crippen LogP contribution >= 0.6 is 23.1 Å². The molecule has 9 heteroatoms. The molecule has 0 saturated carbocycles. The van der Waals surface area contributed by atoms with E-state index in [9.17, 15) is 4.79 Å². The van der Waals surface area contributed by atoms with E-state index in [4.69, 9.17) is 9.72 Å². The minimum Gasteiger partial charge on any atom is -0.467 e. The zero-order chi connectivity index (χ0) is 18.4. The lowest BCUT2D eigenvalue weighted by molar-refractivity contribution is -0.111. The van der Waals surface area contributed by atoms with Crippen LogP contribution in [0, 0.1) is 0 Å². The van der Waals surface area contributed by atoms with E-state index in [1.165, 1.54) is 44.8 Å². The van der Waals surface area contributed by atoms with Gasteiger partial charge < -0.3 is 15.0 Å². The highest BCUT2D eigenvalue weighted by atomic mass is 32.2. The lowest BCUT2D eigenvalue weighted by Gasteiger charge is -2.25. The number of methoxy groups -OCH3 is 1. The molecule has 1 N–H and O–H groups in total. The van der Waals surface area contributed by atoms with Gasteiger partial charge in [0.2, 0.25) is 5.91 Å². The Balaban J connectivity index is 1.66. The fourth-order valence-electron chi connectivity index (χ4n) is 2.60. The van der Waals surface area contributed by atoms with E-state index in [1.54, 1.807) is 29.2 Å². The lowest BCUT2D eigenvalue weighted by Crippen LogP contribution is -2.29. The second-order valence-corrected chi connectivity index (χ2v) is 7.75. The van der Waals surface area contributed by atoms with Crippen molar-refractivity contribution in [3.8, 4) is 6.01 Å². The van der Waals surface area contributed by atoms with Crippen molar-refractivity contribution in [3.05, 3.63) is 24.2 Å². The second kappa shape index (κ2) is 9.00. The quantitative estimate of drug-likeness (QED) is 0.598. The van der Waals surface area contributed by atoms with Gasteiger partial charge in [0.25, 0.3) is 0 Å². The van der Waals surface area contributed by atoms with Crippen molar-refractivity contribution in [2.45, 2.75) is 23.5 Å². The molecule has 0 bridgehead atoms. The Kier molecular flexibility index (Phi) is 6.45. The average molecular weight is 392 g/mol. The van der Waals surface area contributed by atoms with Gasteiger partial charge in [0, 0.05) is 19.2 Å². The number of thioether (sulfide) groups is 1. The van der Waals surface area contributed by atoms with Crippen molar-refractivity contribution >= 4 is 45.9 Å². The van der Waals surface area contributed by atoms with Crippen molar-refractivity contribution < 1.29 is 9.53 Å². The Morgan fingerprint density at radius 2 is 2.04 bits per heavy atom. The van der Waals surface area contributed by atoms with Gasteiger partial charge >= 0.3 is 6.01 Å². The van der Waals surface area contributed by atoms with Gasteiger partial charge in [-0.15, -0.1) is 11.8 Å². The fraction of sp³-hybridized carbons (Fsp3) is 0.412. The third kappa shape index (κ3) is 4.73. The molecule has 3 rings (SSSR count). The maximum absolute atomic E-state index is 12.1. The normalized spacial score (nSPS) is 14.6. The molecule has 1 saturated heterocycles. The molecule has 0 spiro atoms.